The van der Waals surface area contributed by atoms with Crippen molar-refractivity contribution < 1.29 is 18.8 Å². The first-order valence-corrected chi connectivity index (χ1v) is 13.6. The van der Waals surface area contributed by atoms with E-state index in [4.69, 9.17) is 0 Å². The minimum Gasteiger partial charge on any atom is -0.339 e. The van der Waals surface area contributed by atoms with Gasteiger partial charge >= 0.3 is 0 Å². The van der Waals surface area contributed by atoms with Crippen molar-refractivity contribution in [2.75, 3.05) is 31.5 Å². The van der Waals surface area contributed by atoms with Gasteiger partial charge in [-0.2, -0.15) is 5.10 Å². The van der Waals surface area contributed by atoms with E-state index in [0.29, 0.717) is 44.0 Å². The number of piperazine rings is 1. The van der Waals surface area contributed by atoms with Crippen LogP contribution in [0.15, 0.2) is 72.9 Å². The highest BCUT2D eigenvalue weighted by Crippen LogP contribution is 2.31. The number of benzene rings is 2. The molecule has 40 heavy (non-hydrogen) atoms. The largest absolute Gasteiger partial charge is 0.339 e. The molecular formula is C29H30FN6O3P. The van der Waals surface area contributed by atoms with Crippen LogP contribution >= 0.6 is 9.24 Å². The molecule has 0 saturated carbocycles. The first-order chi connectivity index (χ1) is 19.2. The van der Waals surface area contributed by atoms with Gasteiger partial charge in [0.1, 0.15) is 5.69 Å². The lowest BCUT2D eigenvalue weighted by molar-refractivity contribution is -0.132. The fourth-order valence-corrected chi connectivity index (χ4v) is 4.75. The number of aryl methyl sites for hydroxylation is 1. The van der Waals surface area contributed by atoms with Gasteiger partial charge in [0.2, 0.25) is 5.91 Å². The molecular weight excluding hydrogens is 530 g/mol. The number of alkyl halides is 1. The van der Waals surface area contributed by atoms with Crippen LogP contribution in [0.4, 0.5) is 10.1 Å². The summed E-state index contributed by atoms with van der Waals surface area (Å²) in [6, 6.07) is 19.1. The average molecular weight is 561 g/mol. The molecule has 206 valence electrons. The molecule has 1 aliphatic heterocycles. The van der Waals surface area contributed by atoms with Crippen LogP contribution < -0.4 is 5.32 Å². The highest BCUT2D eigenvalue weighted by molar-refractivity contribution is 7.18. The zero-order valence-electron chi connectivity index (χ0n) is 22.1. The van der Waals surface area contributed by atoms with Gasteiger partial charge in [0.15, 0.2) is 5.41 Å². The average Bonchev–Trinajstić information content (AvgIpc) is 3.38. The summed E-state index contributed by atoms with van der Waals surface area (Å²) in [4.78, 5) is 45.9. The number of nitrogens with one attached hydrogen (secondary N) is 1. The molecule has 0 spiro atoms. The van der Waals surface area contributed by atoms with E-state index in [1.165, 1.54) is 19.1 Å². The van der Waals surface area contributed by atoms with Crippen LogP contribution in [-0.4, -0.2) is 68.5 Å². The molecule has 2 aromatic heterocycles. The highest BCUT2D eigenvalue weighted by Gasteiger charge is 2.25. The Kier molecular flexibility index (Phi) is 7.89. The summed E-state index contributed by atoms with van der Waals surface area (Å²) >= 11 is 0. The van der Waals surface area contributed by atoms with Gasteiger partial charge in [-0.25, -0.2) is 9.37 Å². The molecule has 2 atom stereocenters. The number of carbonyl (C=O) groups excluding carboxylic acids is 3. The Morgan fingerprint density at radius 3 is 2.42 bits per heavy atom. The maximum absolute atomic E-state index is 14.2. The molecule has 1 aliphatic rings. The molecule has 0 radical (unpaired) electrons. The molecule has 4 aromatic rings. The summed E-state index contributed by atoms with van der Waals surface area (Å²) in [6.45, 7) is 3.78. The van der Waals surface area contributed by atoms with Crippen molar-refractivity contribution >= 4 is 43.6 Å². The Morgan fingerprint density at radius 1 is 0.975 bits per heavy atom. The molecule has 0 bridgehead atoms. The summed E-state index contributed by atoms with van der Waals surface area (Å²) in [7, 11) is 2.07. The predicted molar refractivity (Wildman–Crippen MR) is 154 cm³/mol. The standard InChI is InChI=1S/C29H30FN6O3P/c1-29(30,40)25-9-5-8-24(32-25)27(38)31-22-10-11-23-21(18-22)19-36(33-23)13-12-26(37)34-14-16-35(17-15-34)28(39)20-6-3-2-4-7-20/h2-11,18-19H,12-17,40H2,1H3,(H,31,38). The summed E-state index contributed by atoms with van der Waals surface area (Å²) in [5.74, 6) is -0.443. The normalized spacial score (nSPS) is 15.1. The number of rotatable bonds is 7. The number of amides is 3. The number of carbonyl (C=O) groups is 3. The van der Waals surface area contributed by atoms with Crippen LogP contribution in [0.3, 0.4) is 0 Å². The van der Waals surface area contributed by atoms with E-state index < -0.39 is 11.3 Å². The van der Waals surface area contributed by atoms with E-state index in [1.54, 1.807) is 50.9 Å². The molecule has 1 N–H and O–H groups in total. The summed E-state index contributed by atoms with van der Waals surface area (Å²) in [5.41, 5.74) is 2.20. The zero-order valence-corrected chi connectivity index (χ0v) is 23.2. The van der Waals surface area contributed by atoms with Crippen LogP contribution in [0.2, 0.25) is 0 Å². The van der Waals surface area contributed by atoms with Crippen molar-refractivity contribution in [3.05, 3.63) is 89.9 Å². The van der Waals surface area contributed by atoms with E-state index >= 15 is 0 Å². The second-order valence-corrected chi connectivity index (χ2v) is 11.0. The highest BCUT2D eigenvalue weighted by atomic mass is 31.0. The molecule has 2 unspecified atom stereocenters. The predicted octanol–water partition coefficient (Wildman–Crippen LogP) is 4.08. The van der Waals surface area contributed by atoms with Crippen molar-refractivity contribution in [1.29, 1.82) is 0 Å². The third-order valence-electron chi connectivity index (χ3n) is 6.79. The molecule has 1 fully saturated rings. The van der Waals surface area contributed by atoms with Crippen LogP contribution in [0, 0.1) is 0 Å². The van der Waals surface area contributed by atoms with E-state index in [9.17, 15) is 18.8 Å². The van der Waals surface area contributed by atoms with E-state index in [-0.39, 0.29) is 29.6 Å². The van der Waals surface area contributed by atoms with Crippen molar-refractivity contribution in [2.45, 2.75) is 25.3 Å². The van der Waals surface area contributed by atoms with Gasteiger partial charge in [-0.15, -0.1) is 0 Å². The van der Waals surface area contributed by atoms with Crippen molar-refractivity contribution in [2.24, 2.45) is 0 Å². The number of anilines is 1. The zero-order chi connectivity index (χ0) is 28.3. The minimum absolute atomic E-state index is 0.0147. The lowest BCUT2D eigenvalue weighted by Gasteiger charge is -2.35. The third kappa shape index (κ3) is 6.34. The lowest BCUT2D eigenvalue weighted by Crippen LogP contribution is -2.50. The number of aromatic nitrogens is 3. The Labute approximate surface area is 233 Å². The SMILES string of the molecule is CC(F)(P)c1cccc(C(=O)Nc2ccc3nn(CCC(=O)N4CCN(C(=O)c5ccccc5)CC4)cc3c2)n1. The van der Waals surface area contributed by atoms with Gasteiger partial charge in [-0.1, -0.05) is 33.5 Å². The molecule has 9 nitrogen and oxygen atoms in total. The van der Waals surface area contributed by atoms with Gasteiger partial charge in [-0.3, -0.25) is 19.1 Å². The summed E-state index contributed by atoms with van der Waals surface area (Å²) in [6.07, 6.45) is 2.12. The van der Waals surface area contributed by atoms with Gasteiger partial charge in [0.25, 0.3) is 11.8 Å². The number of hydrogen-bond donors (Lipinski definition) is 1. The minimum atomic E-state index is -1.74. The Balaban J connectivity index is 1.15. The van der Waals surface area contributed by atoms with Crippen LogP contribution in [-0.2, 0) is 16.7 Å². The van der Waals surface area contributed by atoms with Gasteiger partial charge in [-0.05, 0) is 49.4 Å². The van der Waals surface area contributed by atoms with E-state index in [1.807, 2.05) is 24.4 Å². The molecule has 0 aliphatic carbocycles. The Bertz CT molecular complexity index is 1540. The molecule has 2 aromatic carbocycles. The fraction of sp³-hybridized carbons (Fsp3) is 0.276. The van der Waals surface area contributed by atoms with Gasteiger partial charge < -0.3 is 15.1 Å². The molecule has 1 saturated heterocycles. The number of hydrogen-bond acceptors (Lipinski definition) is 5. The molecule has 3 heterocycles. The molecule has 3 amide bonds. The van der Waals surface area contributed by atoms with Crippen molar-refractivity contribution in [3.8, 4) is 0 Å². The second kappa shape index (κ2) is 11.5. The van der Waals surface area contributed by atoms with E-state index in [0.717, 1.165) is 10.9 Å². The van der Waals surface area contributed by atoms with E-state index in [2.05, 4.69) is 24.6 Å². The smallest absolute Gasteiger partial charge is 0.274 e. The fourth-order valence-electron chi connectivity index (χ4n) is 4.59. The first kappa shape index (κ1) is 27.4. The van der Waals surface area contributed by atoms with Crippen LogP contribution in [0.25, 0.3) is 10.9 Å². The Hall–Kier alpha value is -4.17. The molecule has 5 rings (SSSR count). The summed E-state index contributed by atoms with van der Waals surface area (Å²) < 4.78 is 15.9. The monoisotopic (exact) mass is 560 g/mol. The summed E-state index contributed by atoms with van der Waals surface area (Å²) in [5, 5.41) is 6.41. The maximum atomic E-state index is 14.2. The lowest BCUT2D eigenvalue weighted by atomic mass is 10.2. The first-order valence-electron chi connectivity index (χ1n) is 13.0. The van der Waals surface area contributed by atoms with Crippen LogP contribution in [0.5, 0.6) is 0 Å². The third-order valence-corrected chi connectivity index (χ3v) is 7.08. The van der Waals surface area contributed by atoms with Crippen molar-refractivity contribution in [1.82, 2.24) is 24.6 Å². The Morgan fingerprint density at radius 2 is 1.70 bits per heavy atom. The van der Waals surface area contributed by atoms with Gasteiger partial charge in [0, 0.05) is 62.0 Å². The molecule has 11 heteroatoms. The quantitative estimate of drug-likeness (QED) is 0.344. The van der Waals surface area contributed by atoms with Crippen molar-refractivity contribution in [3.63, 3.8) is 0 Å². The number of fused-ring (bicyclic) bond motifs is 1. The second-order valence-electron chi connectivity index (χ2n) is 9.89. The topological polar surface area (TPSA) is 100 Å². The number of nitrogens with zero attached hydrogens (tertiary/aromatic N) is 5. The van der Waals surface area contributed by atoms with Crippen LogP contribution in [0.1, 0.15) is 39.9 Å². The number of pyridine rings is 1. The number of halogens is 1. The maximum Gasteiger partial charge on any atom is 0.274 e. The van der Waals surface area contributed by atoms with Gasteiger partial charge in [0.05, 0.1) is 11.2 Å².